The summed E-state index contributed by atoms with van der Waals surface area (Å²) in [6.45, 7) is 0. The maximum absolute atomic E-state index is 2.35. The molecule has 0 heteroatoms. The fourth-order valence-corrected chi connectivity index (χ4v) is 9.74. The van der Waals surface area contributed by atoms with Crippen molar-refractivity contribution in [1.29, 1.82) is 0 Å². The quantitative estimate of drug-likeness (QED) is 0.109. The summed E-state index contributed by atoms with van der Waals surface area (Å²) >= 11 is 0. The van der Waals surface area contributed by atoms with Crippen LogP contribution in [0.3, 0.4) is 0 Å². The molecule has 0 radical (unpaired) electrons. The first-order valence-electron chi connectivity index (χ1n) is 22.5. The molecular weight excluding hydrogens is 769 g/mol. The Labute approximate surface area is 378 Å². The largest absolute Gasteiger partial charge is 0.0622 e. The Morgan fingerprint density at radius 1 is 0.156 bits per heavy atom. The van der Waals surface area contributed by atoms with E-state index in [2.05, 4.69) is 255 Å². The smallest absolute Gasteiger partial charge is 0.00132 e. The summed E-state index contributed by atoms with van der Waals surface area (Å²) < 4.78 is 0. The van der Waals surface area contributed by atoms with E-state index in [1.165, 1.54) is 100 Å². The second-order valence-electron chi connectivity index (χ2n) is 16.7. The Morgan fingerprint density at radius 3 is 0.641 bits per heavy atom. The third kappa shape index (κ3) is 8.78. The third-order valence-electron chi connectivity index (χ3n) is 12.6. The minimum atomic E-state index is 0.804. The lowest BCUT2D eigenvalue weighted by atomic mass is 9.83. The molecule has 64 heavy (non-hydrogen) atoms. The molecule has 10 rings (SSSR count). The Morgan fingerprint density at radius 2 is 0.359 bits per heavy atom. The number of rotatable bonds is 13. The van der Waals surface area contributed by atoms with Crippen LogP contribution < -0.4 is 0 Å². The summed E-state index contributed by atoms with van der Waals surface area (Å²) in [6.07, 6.45) is 3.28. The highest BCUT2D eigenvalue weighted by Crippen LogP contribution is 2.39. The molecule has 0 N–H and O–H groups in total. The van der Waals surface area contributed by atoms with E-state index in [9.17, 15) is 0 Å². The van der Waals surface area contributed by atoms with Crippen LogP contribution in [0.5, 0.6) is 0 Å². The zero-order valence-electron chi connectivity index (χ0n) is 36.1. The lowest BCUT2D eigenvalue weighted by Crippen LogP contribution is -2.04. The fraction of sp³-hybridized carbons (Fsp3) is 0.0625. The summed E-state index contributed by atoms with van der Waals surface area (Å²) in [4.78, 5) is 0. The second kappa shape index (κ2) is 19.1. The average Bonchev–Trinajstić information content (AvgIpc) is 3.36. The van der Waals surface area contributed by atoms with E-state index in [1.54, 1.807) is 0 Å². The van der Waals surface area contributed by atoms with Gasteiger partial charge in [0.1, 0.15) is 0 Å². The van der Waals surface area contributed by atoms with Crippen LogP contribution in [0.4, 0.5) is 0 Å². The van der Waals surface area contributed by atoms with Gasteiger partial charge >= 0.3 is 0 Å². The summed E-state index contributed by atoms with van der Waals surface area (Å²) in [7, 11) is 0. The Balaban J connectivity index is 1.07. The van der Waals surface area contributed by atoms with Crippen LogP contribution in [0, 0.1) is 0 Å². The van der Waals surface area contributed by atoms with Crippen LogP contribution in [-0.4, -0.2) is 0 Å². The molecule has 0 aliphatic rings. The molecule has 0 amide bonds. The average molecular weight is 819 g/mol. The molecule has 0 spiro atoms. The molecule has 0 aliphatic heterocycles. The molecule has 0 saturated heterocycles. The molecule has 306 valence electrons. The normalized spacial score (nSPS) is 11.1. The minimum Gasteiger partial charge on any atom is -0.0622 e. The lowest BCUT2D eigenvalue weighted by molar-refractivity contribution is 1.12. The van der Waals surface area contributed by atoms with Crippen molar-refractivity contribution in [3.63, 3.8) is 0 Å². The van der Waals surface area contributed by atoms with Crippen LogP contribution in [0.25, 0.3) is 55.6 Å². The van der Waals surface area contributed by atoms with Gasteiger partial charge in [-0.25, -0.2) is 0 Å². The van der Waals surface area contributed by atoms with Crippen molar-refractivity contribution in [1.82, 2.24) is 0 Å². The molecule has 0 nitrogen and oxygen atoms in total. The van der Waals surface area contributed by atoms with Gasteiger partial charge in [0.15, 0.2) is 0 Å². The predicted octanol–water partition coefficient (Wildman–Crippen LogP) is 16.4. The van der Waals surface area contributed by atoms with Gasteiger partial charge in [-0.3, -0.25) is 0 Å². The zero-order valence-corrected chi connectivity index (χ0v) is 36.1. The Bertz CT molecular complexity index is 2920. The van der Waals surface area contributed by atoms with E-state index in [0.29, 0.717) is 0 Å². The highest BCUT2D eigenvalue weighted by atomic mass is 14.2. The summed E-state index contributed by atoms with van der Waals surface area (Å²) in [6, 6.07) is 93.3. The molecular formula is C64H50. The van der Waals surface area contributed by atoms with Crippen LogP contribution >= 0.6 is 0 Å². The molecule has 10 aromatic rings. The van der Waals surface area contributed by atoms with Crippen LogP contribution in [0.1, 0.15) is 44.5 Å². The maximum Gasteiger partial charge on any atom is -0.00132 e. The van der Waals surface area contributed by atoms with E-state index in [0.717, 1.165) is 25.7 Å². The molecule has 0 heterocycles. The van der Waals surface area contributed by atoms with Crippen LogP contribution in [-0.2, 0) is 25.7 Å². The second-order valence-corrected chi connectivity index (χ2v) is 16.7. The predicted molar refractivity (Wildman–Crippen MR) is 271 cm³/mol. The Hall–Kier alpha value is -7.80. The number of benzene rings is 10. The van der Waals surface area contributed by atoms with Gasteiger partial charge in [-0.05, 0) is 126 Å². The van der Waals surface area contributed by atoms with Gasteiger partial charge in [-0.2, -0.15) is 0 Å². The standard InChI is InChI=1S/C64H50/c1-6-23-47(24-7-1)60-41-18-16-33-52(60)43-54-35-20-37-56(62(54)49-27-10-3-11-28-49)45-58-39-22-40-59(64(58)51-31-14-5-15-32-51)46-57-38-21-36-55(63(57)50-29-12-4-13-30-50)44-53-34-17-19-42-61(53)48-25-8-2-9-26-48/h1-42H,43-46H2. The van der Waals surface area contributed by atoms with Crippen molar-refractivity contribution < 1.29 is 0 Å². The molecule has 0 unspecified atom stereocenters. The molecule has 0 atom stereocenters. The molecule has 0 aliphatic carbocycles. The van der Waals surface area contributed by atoms with Gasteiger partial charge in [0.2, 0.25) is 0 Å². The zero-order chi connectivity index (χ0) is 42.9. The first-order chi connectivity index (χ1) is 31.8. The lowest BCUT2D eigenvalue weighted by Gasteiger charge is -2.21. The molecule has 10 aromatic carbocycles. The van der Waals surface area contributed by atoms with Gasteiger partial charge in [-0.15, -0.1) is 0 Å². The van der Waals surface area contributed by atoms with Gasteiger partial charge in [0.05, 0.1) is 0 Å². The van der Waals surface area contributed by atoms with Crippen molar-refractivity contribution in [2.75, 3.05) is 0 Å². The summed E-state index contributed by atoms with van der Waals surface area (Å²) in [5.74, 6) is 0. The maximum atomic E-state index is 2.35. The summed E-state index contributed by atoms with van der Waals surface area (Å²) in [5.41, 5.74) is 23.4. The van der Waals surface area contributed by atoms with Gasteiger partial charge < -0.3 is 0 Å². The molecule has 0 aromatic heterocycles. The first-order valence-corrected chi connectivity index (χ1v) is 22.5. The monoisotopic (exact) mass is 818 g/mol. The van der Waals surface area contributed by atoms with Gasteiger partial charge in [0, 0.05) is 0 Å². The SMILES string of the molecule is c1ccc(-c2ccccc2Cc2cccc(Cc3cccc(Cc4cccc(Cc5ccccc5-c5ccccc5)c4-c4ccccc4)c3-c3ccccc3)c2-c2ccccc2)cc1. The van der Waals surface area contributed by atoms with Gasteiger partial charge in [0.25, 0.3) is 0 Å². The van der Waals surface area contributed by atoms with Crippen LogP contribution in [0.15, 0.2) is 255 Å². The number of hydrogen-bond donors (Lipinski definition) is 0. The minimum absolute atomic E-state index is 0.804. The highest BCUT2D eigenvalue weighted by molar-refractivity contribution is 5.79. The molecule has 0 fully saturated rings. The molecule has 0 bridgehead atoms. The fourth-order valence-electron chi connectivity index (χ4n) is 9.74. The van der Waals surface area contributed by atoms with E-state index in [4.69, 9.17) is 0 Å². The topological polar surface area (TPSA) is 0 Å². The Kier molecular flexibility index (Phi) is 12.0. The summed E-state index contributed by atoms with van der Waals surface area (Å²) in [5, 5.41) is 0. The van der Waals surface area contributed by atoms with Gasteiger partial charge in [-0.1, -0.05) is 255 Å². The van der Waals surface area contributed by atoms with Crippen molar-refractivity contribution in [2.45, 2.75) is 25.7 Å². The van der Waals surface area contributed by atoms with Crippen molar-refractivity contribution in [3.8, 4) is 55.6 Å². The molecule has 0 saturated carbocycles. The van der Waals surface area contributed by atoms with Crippen molar-refractivity contribution in [2.24, 2.45) is 0 Å². The first kappa shape index (κ1) is 40.3. The number of hydrogen-bond acceptors (Lipinski definition) is 0. The van der Waals surface area contributed by atoms with E-state index in [1.807, 2.05) is 0 Å². The van der Waals surface area contributed by atoms with E-state index < -0.39 is 0 Å². The van der Waals surface area contributed by atoms with Crippen molar-refractivity contribution in [3.05, 3.63) is 299 Å². The van der Waals surface area contributed by atoms with E-state index in [-0.39, 0.29) is 0 Å². The van der Waals surface area contributed by atoms with E-state index >= 15 is 0 Å². The highest BCUT2D eigenvalue weighted by Gasteiger charge is 2.20. The van der Waals surface area contributed by atoms with Crippen molar-refractivity contribution >= 4 is 0 Å². The van der Waals surface area contributed by atoms with Crippen LogP contribution in [0.2, 0.25) is 0 Å². The third-order valence-corrected chi connectivity index (χ3v) is 12.6.